The highest BCUT2D eigenvalue weighted by atomic mass is 16.6. The van der Waals surface area contributed by atoms with Crippen molar-refractivity contribution in [2.24, 2.45) is 29.6 Å². The van der Waals surface area contributed by atoms with Crippen molar-refractivity contribution in [1.29, 1.82) is 0 Å². The fourth-order valence-corrected chi connectivity index (χ4v) is 6.84. The number of carbonyl (C=O) groups is 1. The maximum absolute atomic E-state index is 13.3. The number of hydrogen-bond donors (Lipinski definition) is 1. The Balaban J connectivity index is 1.61. The molecule has 122 valence electrons. The van der Waals surface area contributed by atoms with E-state index in [0.29, 0.717) is 29.7 Å². The average molecular weight is 305 g/mol. The molecular weight excluding hydrogens is 278 g/mol. The lowest BCUT2D eigenvalue weighted by molar-refractivity contribution is -0.203. The Morgan fingerprint density at radius 2 is 1.95 bits per heavy atom. The van der Waals surface area contributed by atoms with Gasteiger partial charge in [0, 0.05) is 17.9 Å². The number of hydrogen-bond acceptors (Lipinski definition) is 3. The van der Waals surface area contributed by atoms with Crippen LogP contribution in [0.3, 0.4) is 0 Å². The molecule has 3 saturated carbocycles. The van der Waals surface area contributed by atoms with E-state index in [0.717, 1.165) is 19.3 Å². The van der Waals surface area contributed by atoms with Crippen molar-refractivity contribution in [3.05, 3.63) is 0 Å². The molecule has 5 aliphatic rings. The second-order valence-electron chi connectivity index (χ2n) is 8.59. The molecule has 1 amide bonds. The summed E-state index contributed by atoms with van der Waals surface area (Å²) in [4.78, 5) is 15.5. The lowest BCUT2D eigenvalue weighted by Crippen LogP contribution is -2.58. The summed E-state index contributed by atoms with van der Waals surface area (Å²) < 4.78 is 6.58. The average Bonchev–Trinajstić information content (AvgIpc) is 3.16. The van der Waals surface area contributed by atoms with Crippen LogP contribution in [-0.4, -0.2) is 39.9 Å². The van der Waals surface area contributed by atoms with Gasteiger partial charge in [-0.05, 0) is 31.1 Å². The fourth-order valence-electron chi connectivity index (χ4n) is 6.84. The minimum atomic E-state index is -0.425. The van der Waals surface area contributed by atoms with Crippen LogP contribution in [0.25, 0.3) is 0 Å². The van der Waals surface area contributed by atoms with Gasteiger partial charge in [0.25, 0.3) is 0 Å². The van der Waals surface area contributed by atoms with Gasteiger partial charge in [-0.3, -0.25) is 4.79 Å². The molecule has 22 heavy (non-hydrogen) atoms. The molecule has 3 aliphatic carbocycles. The van der Waals surface area contributed by atoms with E-state index in [-0.39, 0.29) is 17.9 Å². The molecule has 0 unspecified atom stereocenters. The zero-order chi connectivity index (χ0) is 15.2. The van der Waals surface area contributed by atoms with Gasteiger partial charge in [0.15, 0.2) is 0 Å². The fraction of sp³-hybridized carbons (Fsp3) is 0.944. The van der Waals surface area contributed by atoms with E-state index in [1.165, 1.54) is 19.3 Å². The highest BCUT2D eigenvalue weighted by Crippen LogP contribution is 2.69. The van der Waals surface area contributed by atoms with Crippen LogP contribution in [0.1, 0.15) is 52.4 Å². The first-order chi connectivity index (χ1) is 10.6. The third kappa shape index (κ3) is 1.32. The van der Waals surface area contributed by atoms with Crippen LogP contribution in [0, 0.1) is 29.6 Å². The second kappa shape index (κ2) is 4.27. The smallest absolute Gasteiger partial charge is 0.229 e. The number of ether oxygens (including phenoxy) is 1. The lowest BCUT2D eigenvalue weighted by Gasteiger charge is -2.47. The number of rotatable bonds is 2. The molecule has 4 nitrogen and oxygen atoms in total. The highest BCUT2D eigenvalue weighted by Gasteiger charge is 2.79. The Hall–Kier alpha value is -0.610. The van der Waals surface area contributed by atoms with Gasteiger partial charge in [-0.2, -0.15) is 0 Å². The first-order valence-electron chi connectivity index (χ1n) is 9.26. The van der Waals surface area contributed by atoms with Crippen LogP contribution >= 0.6 is 0 Å². The van der Waals surface area contributed by atoms with E-state index in [2.05, 4.69) is 18.7 Å². The van der Waals surface area contributed by atoms with Gasteiger partial charge in [0.2, 0.25) is 5.91 Å². The molecule has 0 aromatic rings. The zero-order valence-electron chi connectivity index (χ0n) is 13.6. The molecule has 1 N–H and O–H groups in total. The molecule has 5 rings (SSSR count). The Morgan fingerprint density at radius 3 is 2.64 bits per heavy atom. The predicted octanol–water partition coefficient (Wildman–Crippen LogP) is 2.16. The number of likely N-dealkylation sites (tertiary alicyclic amines) is 1. The molecule has 2 bridgehead atoms. The van der Waals surface area contributed by atoms with Crippen LogP contribution in [0.15, 0.2) is 0 Å². The monoisotopic (exact) mass is 305 g/mol. The first kappa shape index (κ1) is 13.8. The van der Waals surface area contributed by atoms with Gasteiger partial charge < -0.3 is 14.7 Å². The lowest BCUT2D eigenvalue weighted by atomic mass is 9.74. The van der Waals surface area contributed by atoms with Crippen molar-refractivity contribution in [2.75, 3.05) is 0 Å². The first-order valence-corrected chi connectivity index (χ1v) is 9.26. The molecule has 0 aromatic carbocycles. The normalized spacial score (nSPS) is 53.3. The summed E-state index contributed by atoms with van der Waals surface area (Å²) >= 11 is 0. The summed E-state index contributed by atoms with van der Waals surface area (Å²) in [6, 6.07) is 0.365. The van der Waals surface area contributed by atoms with E-state index >= 15 is 0 Å². The van der Waals surface area contributed by atoms with Crippen molar-refractivity contribution < 1.29 is 14.6 Å². The topological polar surface area (TPSA) is 49.8 Å². The minimum absolute atomic E-state index is 0.0205. The van der Waals surface area contributed by atoms with Crippen molar-refractivity contribution in [2.45, 2.75) is 76.3 Å². The Morgan fingerprint density at radius 1 is 1.23 bits per heavy atom. The highest BCUT2D eigenvalue weighted by molar-refractivity contribution is 5.85. The van der Waals surface area contributed by atoms with E-state index < -0.39 is 11.8 Å². The third-order valence-corrected chi connectivity index (χ3v) is 7.52. The SMILES string of the molecule is CC(C)[C@]12O[C@@H]3[C@H](O)[C@H]4C[C@H]3[C@H]1[C@H]4C(=O)N2C1CCCCC1. The molecule has 2 heterocycles. The second-order valence-corrected chi connectivity index (χ2v) is 8.59. The van der Waals surface area contributed by atoms with Gasteiger partial charge in [-0.15, -0.1) is 0 Å². The molecule has 2 aliphatic heterocycles. The largest absolute Gasteiger partial charge is 0.390 e. The molecule has 0 aromatic heterocycles. The van der Waals surface area contributed by atoms with Gasteiger partial charge in [-0.1, -0.05) is 33.1 Å². The Labute approximate surface area is 132 Å². The zero-order valence-corrected chi connectivity index (χ0v) is 13.6. The van der Waals surface area contributed by atoms with Crippen LogP contribution < -0.4 is 0 Å². The van der Waals surface area contributed by atoms with Crippen LogP contribution in [0.5, 0.6) is 0 Å². The van der Waals surface area contributed by atoms with Crippen molar-refractivity contribution in [3.63, 3.8) is 0 Å². The summed E-state index contributed by atoms with van der Waals surface area (Å²) in [6.45, 7) is 4.41. The molecule has 2 saturated heterocycles. The summed E-state index contributed by atoms with van der Waals surface area (Å²) in [5.41, 5.74) is -0.425. The van der Waals surface area contributed by atoms with E-state index in [1.54, 1.807) is 0 Å². The maximum atomic E-state index is 13.3. The van der Waals surface area contributed by atoms with E-state index in [9.17, 15) is 9.90 Å². The van der Waals surface area contributed by atoms with E-state index in [1.807, 2.05) is 0 Å². The summed E-state index contributed by atoms with van der Waals surface area (Å²) in [6.07, 6.45) is 6.59. The minimum Gasteiger partial charge on any atom is -0.390 e. The molecule has 5 fully saturated rings. The summed E-state index contributed by atoms with van der Waals surface area (Å²) in [5.74, 6) is 1.52. The van der Waals surface area contributed by atoms with Crippen LogP contribution in [0.4, 0.5) is 0 Å². The summed E-state index contributed by atoms with van der Waals surface area (Å²) in [5, 5.41) is 10.5. The van der Waals surface area contributed by atoms with Gasteiger partial charge >= 0.3 is 0 Å². The summed E-state index contributed by atoms with van der Waals surface area (Å²) in [7, 11) is 0. The van der Waals surface area contributed by atoms with Gasteiger partial charge in [0.05, 0.1) is 18.1 Å². The van der Waals surface area contributed by atoms with Crippen molar-refractivity contribution >= 4 is 5.91 Å². The number of aliphatic hydroxyl groups is 1. The third-order valence-electron chi connectivity index (χ3n) is 7.52. The number of carbonyl (C=O) groups excluding carboxylic acids is 1. The van der Waals surface area contributed by atoms with Gasteiger partial charge in [-0.25, -0.2) is 0 Å². The molecular formula is C18H27NO3. The number of aliphatic hydroxyl groups excluding tert-OH is 1. The number of nitrogens with zero attached hydrogens (tertiary/aromatic N) is 1. The molecule has 4 heteroatoms. The van der Waals surface area contributed by atoms with Crippen molar-refractivity contribution in [3.8, 4) is 0 Å². The number of amides is 1. The quantitative estimate of drug-likeness (QED) is 0.850. The van der Waals surface area contributed by atoms with Crippen LogP contribution in [-0.2, 0) is 9.53 Å². The maximum Gasteiger partial charge on any atom is 0.229 e. The standard InChI is InChI=1S/C18H27NO3/c1-9(2)18-14-12-8-11(15(20)16(12)22-18)13(14)17(21)19(18)10-6-4-3-5-7-10/h9-16,20H,3-8H2,1-2H3/t11-,12-,13-,14-,15+,16-,18-/m0/s1. The molecule has 0 spiro atoms. The Bertz CT molecular complexity index is 514. The van der Waals surface area contributed by atoms with Crippen LogP contribution in [0.2, 0.25) is 0 Å². The predicted molar refractivity (Wildman–Crippen MR) is 80.7 cm³/mol. The Kier molecular flexibility index (Phi) is 2.68. The van der Waals surface area contributed by atoms with Crippen molar-refractivity contribution in [1.82, 2.24) is 4.90 Å². The number of fused-ring (bicyclic) bond motifs is 2. The molecule has 7 atom stereocenters. The molecule has 0 radical (unpaired) electrons. The van der Waals surface area contributed by atoms with E-state index in [4.69, 9.17) is 4.74 Å². The van der Waals surface area contributed by atoms with Gasteiger partial charge in [0.1, 0.15) is 5.72 Å².